The maximum absolute atomic E-state index is 13.8. The molecule has 2 N–H and O–H groups in total. The van der Waals surface area contributed by atoms with Crippen LogP contribution in [0.4, 0.5) is 8.78 Å². The van der Waals surface area contributed by atoms with Crippen molar-refractivity contribution in [2.45, 2.75) is 19.5 Å². The molecule has 0 radical (unpaired) electrons. The lowest BCUT2D eigenvalue weighted by Gasteiger charge is -2.15. The van der Waals surface area contributed by atoms with Crippen molar-refractivity contribution in [3.8, 4) is 22.8 Å². The van der Waals surface area contributed by atoms with Gasteiger partial charge in [0.05, 0.1) is 23.6 Å². The molecule has 36 heavy (non-hydrogen) atoms. The summed E-state index contributed by atoms with van der Waals surface area (Å²) in [5.74, 6) is 0.892. The van der Waals surface area contributed by atoms with Crippen LogP contribution in [-0.2, 0) is 0 Å². The van der Waals surface area contributed by atoms with Gasteiger partial charge in [-0.2, -0.15) is 18.6 Å². The number of nitrogens with zero attached hydrogens (tertiary/aromatic N) is 3. The lowest BCUT2D eigenvalue weighted by atomic mass is 10.0. The summed E-state index contributed by atoms with van der Waals surface area (Å²) in [4.78, 5) is 18.4. The second kappa shape index (κ2) is 9.73. The zero-order valence-electron chi connectivity index (χ0n) is 19.4. The van der Waals surface area contributed by atoms with Crippen LogP contribution in [0.15, 0.2) is 71.2 Å². The predicted octanol–water partition coefficient (Wildman–Crippen LogP) is 4.38. The standard InChI is InChI=1S/C26H23F2N5O3/c1-30-13-17-12-18(6-9-20(17)29)33-25(34)23(16-4-7-19(8-5-16)36-26(27)28)24-21(32-33)10-11-22(31-24)35-14-15-2-3-15/h4-13,15,26,29-30H,2-3,14H2,1H3/b17-13-,29-20?. The van der Waals surface area contributed by atoms with Gasteiger partial charge in [0.1, 0.15) is 16.8 Å². The zero-order valence-corrected chi connectivity index (χ0v) is 19.4. The fourth-order valence-electron chi connectivity index (χ4n) is 3.82. The van der Waals surface area contributed by atoms with Crippen LogP contribution in [0.3, 0.4) is 0 Å². The Hall–Kier alpha value is -4.34. The van der Waals surface area contributed by atoms with Crippen molar-refractivity contribution in [3.63, 3.8) is 0 Å². The number of halogens is 2. The number of hydrogen-bond donors (Lipinski definition) is 2. The van der Waals surface area contributed by atoms with Crippen LogP contribution in [0.25, 0.3) is 27.9 Å². The van der Waals surface area contributed by atoms with Crippen LogP contribution in [0, 0.1) is 11.3 Å². The van der Waals surface area contributed by atoms with Gasteiger partial charge < -0.3 is 20.2 Å². The van der Waals surface area contributed by atoms with E-state index in [2.05, 4.69) is 20.1 Å². The van der Waals surface area contributed by atoms with E-state index in [1.54, 1.807) is 43.6 Å². The molecule has 2 aliphatic rings. The topological polar surface area (TPSA) is 102 Å². The minimum atomic E-state index is -2.95. The van der Waals surface area contributed by atoms with Crippen LogP contribution in [0.1, 0.15) is 12.8 Å². The van der Waals surface area contributed by atoms with Crippen molar-refractivity contribution < 1.29 is 18.3 Å². The highest BCUT2D eigenvalue weighted by atomic mass is 19.3. The molecule has 8 nitrogen and oxygen atoms in total. The SMILES string of the molecule is CN/C=C1/C=C(n2nc3ccc(OCC4CC4)nc3c(-c3ccc(OC(F)F)cc3)c2=O)C=CC1=N. The van der Waals surface area contributed by atoms with Gasteiger partial charge in [-0.1, -0.05) is 12.1 Å². The number of aromatic nitrogens is 3. The molecule has 0 spiro atoms. The number of nitrogens with one attached hydrogen (secondary N) is 2. The second-order valence-corrected chi connectivity index (χ2v) is 8.47. The van der Waals surface area contributed by atoms with Crippen LogP contribution in [-0.4, -0.2) is 40.7 Å². The van der Waals surface area contributed by atoms with E-state index in [-0.39, 0.29) is 17.0 Å². The third kappa shape index (κ3) is 4.88. The van der Waals surface area contributed by atoms with E-state index in [1.165, 1.54) is 28.9 Å². The van der Waals surface area contributed by atoms with Crippen LogP contribution in [0.5, 0.6) is 11.6 Å². The fourth-order valence-corrected chi connectivity index (χ4v) is 3.82. The maximum atomic E-state index is 13.8. The van der Waals surface area contributed by atoms with Gasteiger partial charge in [0.2, 0.25) is 5.88 Å². The van der Waals surface area contributed by atoms with Crippen molar-refractivity contribution in [1.29, 1.82) is 5.41 Å². The third-order valence-electron chi connectivity index (χ3n) is 5.81. The molecule has 184 valence electrons. The van der Waals surface area contributed by atoms with Gasteiger partial charge in [0.25, 0.3) is 5.56 Å². The average Bonchev–Trinajstić information content (AvgIpc) is 3.69. The van der Waals surface area contributed by atoms with Crippen molar-refractivity contribution in [2.24, 2.45) is 5.92 Å². The van der Waals surface area contributed by atoms with Crippen LogP contribution >= 0.6 is 0 Å². The number of benzene rings is 1. The average molecular weight is 491 g/mol. The van der Waals surface area contributed by atoms with Crippen molar-refractivity contribution in [2.75, 3.05) is 13.7 Å². The van der Waals surface area contributed by atoms with Crippen molar-refractivity contribution >= 4 is 22.4 Å². The van der Waals surface area contributed by atoms with Gasteiger partial charge in [-0.15, -0.1) is 0 Å². The first-order valence-corrected chi connectivity index (χ1v) is 11.4. The number of allylic oxidation sites excluding steroid dienone is 5. The number of hydrogen-bond acceptors (Lipinski definition) is 7. The summed E-state index contributed by atoms with van der Waals surface area (Å²) in [5, 5.41) is 15.5. The first-order valence-electron chi connectivity index (χ1n) is 11.4. The minimum absolute atomic E-state index is 0.0212. The minimum Gasteiger partial charge on any atom is -0.477 e. The first kappa shape index (κ1) is 23.4. The molecule has 1 fully saturated rings. The van der Waals surface area contributed by atoms with Crippen LogP contribution < -0.4 is 20.3 Å². The molecule has 0 bridgehead atoms. The summed E-state index contributed by atoms with van der Waals surface area (Å²) >= 11 is 0. The van der Waals surface area contributed by atoms with Gasteiger partial charge in [0.15, 0.2) is 0 Å². The Kier molecular flexibility index (Phi) is 6.32. The molecule has 2 aromatic heterocycles. The molecule has 0 amide bonds. The summed E-state index contributed by atoms with van der Waals surface area (Å²) in [5.41, 5.74) is 2.38. The van der Waals surface area contributed by atoms with E-state index >= 15 is 0 Å². The molecule has 0 atom stereocenters. The Morgan fingerprint density at radius 2 is 1.97 bits per heavy atom. The third-order valence-corrected chi connectivity index (χ3v) is 5.81. The normalized spacial score (nSPS) is 16.5. The van der Waals surface area contributed by atoms with E-state index in [4.69, 9.17) is 10.1 Å². The second-order valence-electron chi connectivity index (χ2n) is 8.47. The molecular formula is C26H23F2N5O3. The summed E-state index contributed by atoms with van der Waals surface area (Å²) in [7, 11) is 1.72. The van der Waals surface area contributed by atoms with E-state index in [9.17, 15) is 13.6 Å². The van der Waals surface area contributed by atoms with E-state index in [1.807, 2.05) is 0 Å². The highest BCUT2D eigenvalue weighted by molar-refractivity contribution is 6.12. The fraction of sp³-hybridized carbons (Fsp3) is 0.231. The molecule has 10 heteroatoms. The molecule has 2 heterocycles. The van der Waals surface area contributed by atoms with Gasteiger partial charge in [0, 0.05) is 24.9 Å². The number of ether oxygens (including phenoxy) is 2. The molecule has 2 aliphatic carbocycles. The monoisotopic (exact) mass is 491 g/mol. The molecular weight excluding hydrogens is 468 g/mol. The Labute approximate surface area is 205 Å². The maximum Gasteiger partial charge on any atom is 0.387 e. The smallest absolute Gasteiger partial charge is 0.387 e. The molecule has 1 saturated carbocycles. The number of rotatable bonds is 8. The van der Waals surface area contributed by atoms with E-state index in [0.29, 0.717) is 46.3 Å². The van der Waals surface area contributed by atoms with Crippen LogP contribution in [0.2, 0.25) is 0 Å². The molecule has 3 aromatic rings. The number of pyridine rings is 1. The quantitative estimate of drug-likeness (QED) is 0.485. The Morgan fingerprint density at radius 1 is 1.19 bits per heavy atom. The summed E-state index contributed by atoms with van der Waals surface area (Å²) < 4.78 is 36.8. The summed E-state index contributed by atoms with van der Waals surface area (Å²) in [6, 6.07) is 9.26. The van der Waals surface area contributed by atoms with Gasteiger partial charge in [-0.05, 0) is 60.8 Å². The van der Waals surface area contributed by atoms with Gasteiger partial charge in [-0.3, -0.25) is 4.79 Å². The molecule has 0 aliphatic heterocycles. The highest BCUT2D eigenvalue weighted by Gasteiger charge is 2.23. The molecule has 0 saturated heterocycles. The highest BCUT2D eigenvalue weighted by Crippen LogP contribution is 2.31. The van der Waals surface area contributed by atoms with E-state index in [0.717, 1.165) is 12.8 Å². The predicted molar refractivity (Wildman–Crippen MR) is 132 cm³/mol. The lowest BCUT2D eigenvalue weighted by molar-refractivity contribution is -0.0498. The summed E-state index contributed by atoms with van der Waals surface area (Å²) in [6.45, 7) is -2.39. The Bertz CT molecular complexity index is 1470. The Balaban J connectivity index is 1.66. The number of alkyl halides is 2. The largest absolute Gasteiger partial charge is 0.477 e. The van der Waals surface area contributed by atoms with Gasteiger partial charge >= 0.3 is 6.61 Å². The molecule has 0 unspecified atom stereocenters. The molecule has 5 rings (SSSR count). The number of fused-ring (bicyclic) bond motifs is 1. The molecule has 1 aromatic carbocycles. The van der Waals surface area contributed by atoms with Crippen molar-refractivity contribution in [1.82, 2.24) is 20.1 Å². The summed E-state index contributed by atoms with van der Waals surface area (Å²) in [6.07, 6.45) is 8.82. The van der Waals surface area contributed by atoms with E-state index < -0.39 is 12.2 Å². The van der Waals surface area contributed by atoms with Gasteiger partial charge in [-0.25, -0.2) is 4.98 Å². The lowest BCUT2D eigenvalue weighted by Crippen LogP contribution is -2.25. The Morgan fingerprint density at radius 3 is 2.67 bits per heavy atom. The van der Waals surface area contributed by atoms with Crippen molar-refractivity contribution in [3.05, 3.63) is 76.8 Å². The zero-order chi connectivity index (χ0) is 25.2. The first-order chi connectivity index (χ1) is 17.4.